The number of rotatable bonds is 3. The predicted octanol–water partition coefficient (Wildman–Crippen LogP) is 3.36. The van der Waals surface area contributed by atoms with E-state index in [-0.39, 0.29) is 12.7 Å². The molecule has 86 valence electrons. The number of hydrogen-bond donors (Lipinski definition) is 1. The van der Waals surface area contributed by atoms with Crippen LogP contribution in [-0.4, -0.2) is 11.7 Å². The topological polar surface area (TPSA) is 29.5 Å². The van der Waals surface area contributed by atoms with E-state index in [1.807, 2.05) is 18.2 Å². The predicted molar refractivity (Wildman–Crippen MR) is 65.0 cm³/mol. The lowest BCUT2D eigenvalue weighted by Gasteiger charge is -2.08. The van der Waals surface area contributed by atoms with Gasteiger partial charge in [-0.2, -0.15) is 0 Å². The van der Waals surface area contributed by atoms with Gasteiger partial charge in [-0.1, -0.05) is 29.3 Å². The van der Waals surface area contributed by atoms with Gasteiger partial charge in [0.25, 0.3) is 0 Å². The molecule has 2 nitrogen and oxygen atoms in total. The van der Waals surface area contributed by atoms with Crippen molar-refractivity contribution in [3.63, 3.8) is 0 Å². The fourth-order valence-electron chi connectivity index (χ4n) is 1.84. The summed E-state index contributed by atoms with van der Waals surface area (Å²) in [5, 5.41) is 10.1. The molecule has 0 bridgehead atoms. The SMILES string of the molecule is O[C@H]1CCc2cc(OC/C(Cl)=C/Cl)ccc21. The molecular weight excluding hydrogens is 247 g/mol. The van der Waals surface area contributed by atoms with Crippen LogP contribution in [-0.2, 0) is 6.42 Å². The summed E-state index contributed by atoms with van der Waals surface area (Å²) in [7, 11) is 0. The van der Waals surface area contributed by atoms with Crippen LogP contribution < -0.4 is 4.74 Å². The zero-order chi connectivity index (χ0) is 11.5. The smallest absolute Gasteiger partial charge is 0.125 e. The molecule has 0 fully saturated rings. The van der Waals surface area contributed by atoms with E-state index in [0.717, 1.165) is 29.7 Å². The molecule has 0 amide bonds. The van der Waals surface area contributed by atoms with Gasteiger partial charge in [0.1, 0.15) is 12.4 Å². The van der Waals surface area contributed by atoms with E-state index in [2.05, 4.69) is 0 Å². The summed E-state index contributed by atoms with van der Waals surface area (Å²) in [6, 6.07) is 5.69. The van der Waals surface area contributed by atoms with E-state index >= 15 is 0 Å². The second-order valence-electron chi connectivity index (χ2n) is 3.76. The third-order valence-corrected chi connectivity index (χ3v) is 3.25. The summed E-state index contributed by atoms with van der Waals surface area (Å²) in [6.07, 6.45) is 1.36. The Labute approximate surface area is 104 Å². The first-order valence-electron chi connectivity index (χ1n) is 5.09. The number of aliphatic hydroxyl groups is 1. The van der Waals surface area contributed by atoms with E-state index < -0.39 is 0 Å². The average molecular weight is 259 g/mol. The third-order valence-electron chi connectivity index (χ3n) is 2.66. The van der Waals surface area contributed by atoms with Crippen molar-refractivity contribution in [2.45, 2.75) is 18.9 Å². The Kier molecular flexibility index (Phi) is 3.74. The zero-order valence-corrected chi connectivity index (χ0v) is 10.1. The molecular formula is C12H12Cl2O2. The van der Waals surface area contributed by atoms with Crippen LogP contribution in [0.15, 0.2) is 28.8 Å². The summed E-state index contributed by atoms with van der Waals surface area (Å²) in [5.41, 5.74) is 3.45. The van der Waals surface area contributed by atoms with Crippen LogP contribution in [0.2, 0.25) is 0 Å². The van der Waals surface area contributed by atoms with Crippen molar-refractivity contribution in [1.82, 2.24) is 0 Å². The van der Waals surface area contributed by atoms with Gasteiger partial charge < -0.3 is 9.84 Å². The Hall–Kier alpha value is -0.700. The maximum absolute atomic E-state index is 9.64. The number of ether oxygens (including phenoxy) is 1. The summed E-state index contributed by atoms with van der Waals surface area (Å²) in [6.45, 7) is 0.270. The Morgan fingerprint density at radius 1 is 1.56 bits per heavy atom. The van der Waals surface area contributed by atoms with Gasteiger partial charge in [0, 0.05) is 5.54 Å². The van der Waals surface area contributed by atoms with Gasteiger partial charge in [-0.3, -0.25) is 0 Å². The minimum atomic E-state index is -0.324. The van der Waals surface area contributed by atoms with Gasteiger partial charge in [-0.05, 0) is 36.1 Å². The summed E-state index contributed by atoms with van der Waals surface area (Å²) in [5.74, 6) is 0.754. The molecule has 0 saturated heterocycles. The molecule has 1 aromatic rings. The number of halogens is 2. The van der Waals surface area contributed by atoms with Crippen molar-refractivity contribution < 1.29 is 9.84 Å². The molecule has 0 spiro atoms. The Balaban J connectivity index is 2.08. The first-order valence-corrected chi connectivity index (χ1v) is 5.90. The first kappa shape index (κ1) is 11.8. The normalized spacial score (nSPS) is 19.7. The lowest BCUT2D eigenvalue weighted by Crippen LogP contribution is -1.98. The largest absolute Gasteiger partial charge is 0.488 e. The van der Waals surface area contributed by atoms with Crippen LogP contribution in [0.25, 0.3) is 0 Å². The average Bonchev–Trinajstić information content (AvgIpc) is 2.67. The van der Waals surface area contributed by atoms with Crippen LogP contribution in [0, 0.1) is 0 Å². The number of fused-ring (bicyclic) bond motifs is 1. The van der Waals surface area contributed by atoms with Crippen molar-refractivity contribution in [3.05, 3.63) is 39.9 Å². The number of aryl methyl sites for hydroxylation is 1. The van der Waals surface area contributed by atoms with Crippen LogP contribution in [0.3, 0.4) is 0 Å². The van der Waals surface area contributed by atoms with E-state index in [1.165, 1.54) is 5.54 Å². The highest BCUT2D eigenvalue weighted by atomic mass is 35.5. The minimum Gasteiger partial charge on any atom is -0.488 e. The van der Waals surface area contributed by atoms with Gasteiger partial charge >= 0.3 is 0 Å². The summed E-state index contributed by atoms with van der Waals surface area (Å²) < 4.78 is 5.45. The lowest BCUT2D eigenvalue weighted by atomic mass is 10.1. The maximum atomic E-state index is 9.64. The third kappa shape index (κ3) is 2.51. The van der Waals surface area contributed by atoms with Crippen LogP contribution in [0.5, 0.6) is 5.75 Å². The molecule has 2 rings (SSSR count). The Morgan fingerprint density at radius 3 is 3.12 bits per heavy atom. The van der Waals surface area contributed by atoms with Crippen LogP contribution in [0.1, 0.15) is 23.7 Å². The molecule has 4 heteroatoms. The van der Waals surface area contributed by atoms with E-state index in [9.17, 15) is 5.11 Å². The number of benzene rings is 1. The second kappa shape index (κ2) is 5.09. The fourth-order valence-corrected chi connectivity index (χ4v) is 1.96. The Morgan fingerprint density at radius 2 is 2.38 bits per heavy atom. The molecule has 0 radical (unpaired) electrons. The van der Waals surface area contributed by atoms with Crippen LogP contribution in [0.4, 0.5) is 0 Å². The minimum absolute atomic E-state index is 0.270. The van der Waals surface area contributed by atoms with Crippen molar-refractivity contribution in [2.75, 3.05) is 6.61 Å². The fraction of sp³-hybridized carbons (Fsp3) is 0.333. The highest BCUT2D eigenvalue weighted by Gasteiger charge is 2.20. The van der Waals surface area contributed by atoms with Crippen molar-refractivity contribution in [3.8, 4) is 5.75 Å². The molecule has 0 saturated carbocycles. The van der Waals surface area contributed by atoms with Crippen molar-refractivity contribution in [1.29, 1.82) is 0 Å². The van der Waals surface area contributed by atoms with Gasteiger partial charge in [0.15, 0.2) is 0 Å². The molecule has 1 aliphatic carbocycles. The van der Waals surface area contributed by atoms with Crippen LogP contribution >= 0.6 is 23.2 Å². The molecule has 1 N–H and O–H groups in total. The van der Waals surface area contributed by atoms with Gasteiger partial charge in [0.2, 0.25) is 0 Å². The monoisotopic (exact) mass is 258 g/mol. The number of aliphatic hydroxyl groups excluding tert-OH is 1. The molecule has 0 aromatic heterocycles. The second-order valence-corrected chi connectivity index (χ2v) is 4.46. The molecule has 16 heavy (non-hydrogen) atoms. The number of hydrogen-bond acceptors (Lipinski definition) is 2. The van der Waals surface area contributed by atoms with E-state index in [4.69, 9.17) is 27.9 Å². The molecule has 0 aliphatic heterocycles. The van der Waals surface area contributed by atoms with Gasteiger partial charge in [-0.25, -0.2) is 0 Å². The molecule has 1 aromatic carbocycles. The van der Waals surface area contributed by atoms with Gasteiger partial charge in [0.05, 0.1) is 11.1 Å². The highest BCUT2D eigenvalue weighted by molar-refractivity contribution is 6.36. The standard InChI is InChI=1S/C12H12Cl2O2/c13-6-9(14)7-16-10-2-3-11-8(5-10)1-4-12(11)15/h2-3,5-6,12,15H,1,4,7H2/b9-6-/t12-/m0/s1. The van der Waals surface area contributed by atoms with Gasteiger partial charge in [-0.15, -0.1) is 0 Å². The summed E-state index contributed by atoms with van der Waals surface area (Å²) >= 11 is 11.1. The first-order chi connectivity index (χ1) is 7.70. The van der Waals surface area contributed by atoms with E-state index in [0.29, 0.717) is 5.03 Å². The summed E-state index contributed by atoms with van der Waals surface area (Å²) in [4.78, 5) is 0. The van der Waals surface area contributed by atoms with E-state index in [1.54, 1.807) is 0 Å². The quantitative estimate of drug-likeness (QED) is 0.901. The van der Waals surface area contributed by atoms with Crippen molar-refractivity contribution >= 4 is 23.2 Å². The molecule has 1 aliphatic rings. The highest BCUT2D eigenvalue weighted by Crippen LogP contribution is 2.33. The lowest BCUT2D eigenvalue weighted by molar-refractivity contribution is 0.180. The molecule has 1 atom stereocenters. The molecule has 0 heterocycles. The molecule has 0 unspecified atom stereocenters. The Bertz CT molecular complexity index is 415. The maximum Gasteiger partial charge on any atom is 0.125 e. The van der Waals surface area contributed by atoms with Crippen molar-refractivity contribution in [2.24, 2.45) is 0 Å². The zero-order valence-electron chi connectivity index (χ0n) is 8.62.